The van der Waals surface area contributed by atoms with Crippen molar-refractivity contribution in [1.82, 2.24) is 0 Å². The molecule has 0 saturated heterocycles. The highest BCUT2D eigenvalue weighted by molar-refractivity contribution is 5.82. The van der Waals surface area contributed by atoms with Gasteiger partial charge in [-0.25, -0.2) is 4.79 Å². The molecule has 0 aromatic heterocycles. The Bertz CT molecular complexity index is 249. The number of esters is 1. The molecule has 1 heterocycles. The molecule has 0 aliphatic carbocycles. The van der Waals surface area contributed by atoms with Crippen LogP contribution in [0.3, 0.4) is 0 Å². The van der Waals surface area contributed by atoms with Crippen molar-refractivity contribution in [3.8, 4) is 0 Å². The van der Waals surface area contributed by atoms with E-state index >= 15 is 0 Å². The number of rotatable bonds is 0. The molecule has 0 unspecified atom stereocenters. The molecule has 0 aromatic carbocycles. The Labute approximate surface area is 95.9 Å². The summed E-state index contributed by atoms with van der Waals surface area (Å²) in [5.74, 6) is -0.459. The molecule has 1 aliphatic rings. The Balaban J connectivity index is 2.58. The quantitative estimate of drug-likeness (QED) is 0.611. The van der Waals surface area contributed by atoms with Crippen molar-refractivity contribution in [3.63, 3.8) is 0 Å². The minimum Gasteiger partial charge on any atom is -0.460 e. The minimum absolute atomic E-state index is 0.0846. The van der Waals surface area contributed by atoms with Gasteiger partial charge in [0.25, 0.3) is 0 Å². The van der Waals surface area contributed by atoms with Gasteiger partial charge < -0.3 is 14.9 Å². The molecule has 0 radical (unpaired) electrons. The van der Waals surface area contributed by atoms with Crippen molar-refractivity contribution >= 4 is 5.97 Å². The Kier molecular flexibility index (Phi) is 5.49. The van der Waals surface area contributed by atoms with Gasteiger partial charge in [0.05, 0.1) is 18.3 Å². The van der Waals surface area contributed by atoms with Crippen LogP contribution in [-0.4, -0.2) is 34.5 Å². The van der Waals surface area contributed by atoms with E-state index in [0.29, 0.717) is 6.42 Å². The van der Waals surface area contributed by atoms with Gasteiger partial charge in [0.15, 0.2) is 0 Å². The topological polar surface area (TPSA) is 66.8 Å². The first-order chi connectivity index (χ1) is 7.59. The van der Waals surface area contributed by atoms with E-state index in [-0.39, 0.29) is 6.10 Å². The predicted octanol–water partition coefficient (Wildman–Crippen LogP) is 1.16. The molecule has 0 bridgehead atoms. The fourth-order valence-electron chi connectivity index (χ4n) is 1.73. The molecule has 0 fully saturated rings. The highest BCUT2D eigenvalue weighted by Crippen LogP contribution is 2.13. The Morgan fingerprint density at radius 3 is 2.69 bits per heavy atom. The molecule has 1 rings (SSSR count). The summed E-state index contributed by atoms with van der Waals surface area (Å²) in [5, 5.41) is 19.0. The van der Waals surface area contributed by atoms with Crippen LogP contribution in [0.2, 0.25) is 0 Å². The largest absolute Gasteiger partial charge is 0.460 e. The van der Waals surface area contributed by atoms with Gasteiger partial charge in [-0.05, 0) is 32.3 Å². The number of carbonyl (C=O) groups is 1. The van der Waals surface area contributed by atoms with E-state index in [4.69, 9.17) is 4.74 Å². The molecule has 0 saturated carbocycles. The van der Waals surface area contributed by atoms with E-state index in [2.05, 4.69) is 0 Å². The van der Waals surface area contributed by atoms with Crippen LogP contribution >= 0.6 is 0 Å². The van der Waals surface area contributed by atoms with Gasteiger partial charge in [0.2, 0.25) is 0 Å². The summed E-state index contributed by atoms with van der Waals surface area (Å²) >= 11 is 0. The van der Waals surface area contributed by atoms with Crippen LogP contribution in [0, 0.1) is 0 Å². The van der Waals surface area contributed by atoms with Crippen LogP contribution in [0.4, 0.5) is 0 Å². The van der Waals surface area contributed by atoms with Crippen LogP contribution in [0.5, 0.6) is 0 Å². The first-order valence-electron chi connectivity index (χ1n) is 5.84. The van der Waals surface area contributed by atoms with Crippen molar-refractivity contribution in [2.45, 2.75) is 57.3 Å². The molecular weight excluding hydrogens is 208 g/mol. The normalized spacial score (nSPS) is 35.7. The van der Waals surface area contributed by atoms with Crippen molar-refractivity contribution in [2.24, 2.45) is 0 Å². The smallest absolute Gasteiger partial charge is 0.330 e. The summed E-state index contributed by atoms with van der Waals surface area (Å²) in [5.41, 5.74) is 0. The summed E-state index contributed by atoms with van der Waals surface area (Å²) in [6.45, 7) is 1.86. The van der Waals surface area contributed by atoms with E-state index in [0.717, 1.165) is 25.7 Å². The zero-order chi connectivity index (χ0) is 12.0. The molecule has 92 valence electrons. The van der Waals surface area contributed by atoms with Crippen molar-refractivity contribution in [1.29, 1.82) is 0 Å². The lowest BCUT2D eigenvalue weighted by molar-refractivity contribution is -0.142. The summed E-state index contributed by atoms with van der Waals surface area (Å²) in [6, 6.07) is 0. The van der Waals surface area contributed by atoms with Crippen molar-refractivity contribution < 1.29 is 19.7 Å². The van der Waals surface area contributed by atoms with Crippen LogP contribution in [-0.2, 0) is 9.53 Å². The Hall–Kier alpha value is -0.870. The Morgan fingerprint density at radius 1 is 1.25 bits per heavy atom. The maximum Gasteiger partial charge on any atom is 0.330 e. The van der Waals surface area contributed by atoms with Gasteiger partial charge in [-0.2, -0.15) is 0 Å². The average molecular weight is 228 g/mol. The number of ether oxygens (including phenoxy) is 1. The lowest BCUT2D eigenvalue weighted by atomic mass is 10.0. The van der Waals surface area contributed by atoms with Crippen LogP contribution in [0.15, 0.2) is 12.2 Å². The maximum absolute atomic E-state index is 11.3. The number of hydrogen-bond donors (Lipinski definition) is 2. The molecule has 16 heavy (non-hydrogen) atoms. The molecule has 0 spiro atoms. The molecule has 0 amide bonds. The average Bonchev–Trinajstić information content (AvgIpc) is 2.23. The third kappa shape index (κ3) is 4.77. The maximum atomic E-state index is 11.3. The van der Waals surface area contributed by atoms with Gasteiger partial charge >= 0.3 is 5.97 Å². The predicted molar refractivity (Wildman–Crippen MR) is 59.8 cm³/mol. The first kappa shape index (κ1) is 13.2. The number of cyclic esters (lactones) is 1. The fourth-order valence-corrected chi connectivity index (χ4v) is 1.73. The number of aliphatic hydroxyl groups excluding tert-OH is 2. The second-order valence-electron chi connectivity index (χ2n) is 4.30. The minimum atomic E-state index is -0.984. The van der Waals surface area contributed by atoms with Gasteiger partial charge in [0, 0.05) is 6.08 Å². The molecule has 4 nitrogen and oxygen atoms in total. The SMILES string of the molecule is C[C@@H]1CCCCC[C@H](O)[C@@H](O)/C=C/C(=O)O1. The van der Waals surface area contributed by atoms with E-state index in [1.807, 2.05) is 6.92 Å². The molecule has 0 aromatic rings. The van der Waals surface area contributed by atoms with Crippen LogP contribution < -0.4 is 0 Å². The lowest BCUT2D eigenvalue weighted by Crippen LogP contribution is -2.24. The third-order valence-electron chi connectivity index (χ3n) is 2.75. The summed E-state index contributed by atoms with van der Waals surface area (Å²) in [6.07, 6.45) is 4.87. The lowest BCUT2D eigenvalue weighted by Gasteiger charge is -2.16. The zero-order valence-electron chi connectivity index (χ0n) is 9.63. The van der Waals surface area contributed by atoms with Crippen LogP contribution in [0.25, 0.3) is 0 Å². The van der Waals surface area contributed by atoms with Crippen molar-refractivity contribution in [2.75, 3.05) is 0 Å². The number of aliphatic hydroxyl groups is 2. The molecule has 4 heteroatoms. The van der Waals surface area contributed by atoms with Gasteiger partial charge in [0.1, 0.15) is 0 Å². The second kappa shape index (κ2) is 6.66. The van der Waals surface area contributed by atoms with Crippen molar-refractivity contribution in [3.05, 3.63) is 12.2 Å². The molecule has 3 atom stereocenters. The highest BCUT2D eigenvalue weighted by atomic mass is 16.5. The standard InChI is InChI=1S/C12H20O4/c1-9-5-3-2-4-6-10(13)11(14)7-8-12(15)16-9/h7-11,13-14H,2-6H2,1H3/b8-7+/t9-,10+,11+/m1/s1. The molecule has 1 aliphatic heterocycles. The summed E-state index contributed by atoms with van der Waals surface area (Å²) < 4.78 is 5.09. The van der Waals surface area contributed by atoms with Gasteiger partial charge in [-0.1, -0.05) is 12.8 Å². The van der Waals surface area contributed by atoms with Gasteiger partial charge in [-0.15, -0.1) is 0 Å². The zero-order valence-corrected chi connectivity index (χ0v) is 9.63. The second-order valence-corrected chi connectivity index (χ2v) is 4.30. The molecule has 2 N–H and O–H groups in total. The Morgan fingerprint density at radius 2 is 1.94 bits per heavy atom. The van der Waals surface area contributed by atoms with Crippen LogP contribution in [0.1, 0.15) is 39.0 Å². The van der Waals surface area contributed by atoms with Gasteiger partial charge in [-0.3, -0.25) is 0 Å². The molecular formula is C12H20O4. The first-order valence-corrected chi connectivity index (χ1v) is 5.84. The van der Waals surface area contributed by atoms with E-state index < -0.39 is 18.2 Å². The van der Waals surface area contributed by atoms with E-state index in [9.17, 15) is 15.0 Å². The summed E-state index contributed by atoms with van der Waals surface area (Å²) in [7, 11) is 0. The fraction of sp³-hybridized carbons (Fsp3) is 0.750. The number of hydrogen-bond acceptors (Lipinski definition) is 4. The third-order valence-corrected chi connectivity index (χ3v) is 2.75. The summed E-state index contributed by atoms with van der Waals surface area (Å²) in [4.78, 5) is 11.3. The monoisotopic (exact) mass is 228 g/mol. The number of carbonyl (C=O) groups excluding carboxylic acids is 1. The van der Waals surface area contributed by atoms with E-state index in [1.54, 1.807) is 0 Å². The highest BCUT2D eigenvalue weighted by Gasteiger charge is 2.15. The van der Waals surface area contributed by atoms with E-state index in [1.165, 1.54) is 12.2 Å².